The molecule has 0 saturated carbocycles. The van der Waals surface area contributed by atoms with Crippen LogP contribution in [0.25, 0.3) is 0 Å². The van der Waals surface area contributed by atoms with Gasteiger partial charge in [-0.2, -0.15) is 0 Å². The van der Waals surface area contributed by atoms with E-state index in [0.717, 1.165) is 24.8 Å². The second-order valence-electron chi connectivity index (χ2n) is 8.67. The molecule has 0 aliphatic carbocycles. The van der Waals surface area contributed by atoms with Crippen molar-refractivity contribution in [3.63, 3.8) is 0 Å². The van der Waals surface area contributed by atoms with Crippen molar-refractivity contribution in [1.29, 1.82) is 0 Å². The molecule has 1 fully saturated rings. The monoisotopic (exact) mass is 462 g/mol. The number of carbonyl (C=O) groups is 1. The maximum atomic E-state index is 13.4. The van der Waals surface area contributed by atoms with Crippen LogP contribution in [0.1, 0.15) is 24.0 Å². The Bertz CT molecular complexity index is 1160. The van der Waals surface area contributed by atoms with Crippen molar-refractivity contribution in [2.75, 3.05) is 23.9 Å². The maximum Gasteiger partial charge on any atom is 0.264 e. The lowest BCUT2D eigenvalue weighted by atomic mass is 9.90. The summed E-state index contributed by atoms with van der Waals surface area (Å²) in [4.78, 5) is 15.2. The van der Waals surface area contributed by atoms with Crippen LogP contribution in [0.4, 0.5) is 5.69 Å². The van der Waals surface area contributed by atoms with Crippen LogP contribution >= 0.6 is 0 Å². The first-order valence-corrected chi connectivity index (χ1v) is 12.8. The van der Waals surface area contributed by atoms with Crippen molar-refractivity contribution >= 4 is 21.6 Å². The van der Waals surface area contributed by atoms with E-state index in [4.69, 9.17) is 0 Å². The third kappa shape index (κ3) is 5.63. The molecule has 1 amide bonds. The molecule has 0 bridgehead atoms. The van der Waals surface area contributed by atoms with Gasteiger partial charge in [-0.15, -0.1) is 0 Å². The lowest BCUT2D eigenvalue weighted by molar-refractivity contribution is -0.130. The highest BCUT2D eigenvalue weighted by Gasteiger charge is 2.30. The molecule has 3 aromatic carbocycles. The van der Waals surface area contributed by atoms with Gasteiger partial charge in [0.05, 0.1) is 10.6 Å². The Kier molecular flexibility index (Phi) is 7.14. The number of rotatable bonds is 7. The molecular formula is C27H30N2O3S. The zero-order valence-electron chi connectivity index (χ0n) is 18.9. The van der Waals surface area contributed by atoms with Crippen LogP contribution in [0.15, 0.2) is 89.8 Å². The summed E-state index contributed by atoms with van der Waals surface area (Å²) >= 11 is 0. The summed E-state index contributed by atoms with van der Waals surface area (Å²) in [6.07, 6.45) is 2.87. The molecule has 0 atom stereocenters. The second kappa shape index (κ2) is 10.2. The van der Waals surface area contributed by atoms with E-state index in [2.05, 4.69) is 24.3 Å². The van der Waals surface area contributed by atoms with Gasteiger partial charge in [0, 0.05) is 13.1 Å². The summed E-state index contributed by atoms with van der Waals surface area (Å²) < 4.78 is 28.1. The molecule has 172 valence electrons. The molecule has 1 heterocycles. The molecule has 0 N–H and O–H groups in total. The van der Waals surface area contributed by atoms with Gasteiger partial charge in [-0.05, 0) is 61.9 Å². The highest BCUT2D eigenvalue weighted by molar-refractivity contribution is 7.92. The van der Waals surface area contributed by atoms with Crippen molar-refractivity contribution in [2.24, 2.45) is 5.92 Å². The number of carbonyl (C=O) groups excluding carboxylic acids is 1. The molecule has 0 unspecified atom stereocenters. The van der Waals surface area contributed by atoms with Gasteiger partial charge in [-0.1, -0.05) is 66.2 Å². The minimum atomic E-state index is -3.87. The number of benzene rings is 3. The van der Waals surface area contributed by atoms with E-state index in [1.165, 1.54) is 9.87 Å². The van der Waals surface area contributed by atoms with Crippen molar-refractivity contribution in [2.45, 2.75) is 31.1 Å². The third-order valence-electron chi connectivity index (χ3n) is 6.27. The van der Waals surface area contributed by atoms with E-state index in [-0.39, 0.29) is 17.3 Å². The van der Waals surface area contributed by atoms with Gasteiger partial charge in [-0.25, -0.2) is 8.42 Å². The first-order valence-electron chi connectivity index (χ1n) is 11.4. The molecule has 4 rings (SSSR count). The summed E-state index contributed by atoms with van der Waals surface area (Å²) in [5.41, 5.74) is 2.85. The van der Waals surface area contributed by atoms with Gasteiger partial charge >= 0.3 is 0 Å². The summed E-state index contributed by atoms with van der Waals surface area (Å²) in [5, 5.41) is 0. The van der Waals surface area contributed by atoms with Crippen molar-refractivity contribution in [1.82, 2.24) is 4.90 Å². The van der Waals surface area contributed by atoms with Gasteiger partial charge in [0.15, 0.2) is 0 Å². The molecule has 6 heteroatoms. The van der Waals surface area contributed by atoms with E-state index in [1.54, 1.807) is 42.5 Å². The predicted molar refractivity (Wildman–Crippen MR) is 132 cm³/mol. The van der Waals surface area contributed by atoms with Crippen LogP contribution in [-0.2, 0) is 21.2 Å². The fourth-order valence-corrected chi connectivity index (χ4v) is 5.74. The number of amides is 1. The molecule has 0 spiro atoms. The largest absolute Gasteiger partial charge is 0.341 e. The van der Waals surface area contributed by atoms with E-state index >= 15 is 0 Å². The van der Waals surface area contributed by atoms with Gasteiger partial charge in [0.25, 0.3) is 10.0 Å². The molecule has 5 nitrogen and oxygen atoms in total. The van der Waals surface area contributed by atoms with Crippen LogP contribution in [0.3, 0.4) is 0 Å². The Labute approximate surface area is 196 Å². The minimum Gasteiger partial charge on any atom is -0.341 e. The van der Waals surface area contributed by atoms with Crippen LogP contribution in [0.5, 0.6) is 0 Å². The molecule has 0 aromatic heterocycles. The Morgan fingerprint density at radius 1 is 0.879 bits per heavy atom. The minimum absolute atomic E-state index is 0.159. The molecule has 33 heavy (non-hydrogen) atoms. The Morgan fingerprint density at radius 2 is 1.45 bits per heavy atom. The smallest absolute Gasteiger partial charge is 0.264 e. The van der Waals surface area contributed by atoms with Gasteiger partial charge in [0.2, 0.25) is 5.91 Å². The second-order valence-corrected chi connectivity index (χ2v) is 10.5. The topological polar surface area (TPSA) is 57.7 Å². The average molecular weight is 463 g/mol. The highest BCUT2D eigenvalue weighted by atomic mass is 32.2. The molecule has 1 aliphatic heterocycles. The molecular weight excluding hydrogens is 432 g/mol. The number of hydrogen-bond donors (Lipinski definition) is 0. The van der Waals surface area contributed by atoms with E-state index < -0.39 is 10.0 Å². The van der Waals surface area contributed by atoms with Gasteiger partial charge in [0.1, 0.15) is 6.54 Å². The average Bonchev–Trinajstić information content (AvgIpc) is 2.85. The molecule has 1 saturated heterocycles. The number of piperidine rings is 1. The summed E-state index contributed by atoms with van der Waals surface area (Å²) in [5.74, 6) is 0.381. The normalized spacial score (nSPS) is 14.8. The van der Waals surface area contributed by atoms with E-state index in [0.29, 0.717) is 24.7 Å². The number of nitrogens with zero attached hydrogens (tertiary/aromatic N) is 2. The zero-order chi connectivity index (χ0) is 23.3. The van der Waals surface area contributed by atoms with Crippen LogP contribution in [0, 0.1) is 12.8 Å². The number of sulfonamides is 1. The van der Waals surface area contributed by atoms with Gasteiger partial charge in [-0.3, -0.25) is 9.10 Å². The molecule has 0 radical (unpaired) electrons. The predicted octanol–water partition coefficient (Wildman–Crippen LogP) is 4.67. The lowest BCUT2D eigenvalue weighted by Crippen LogP contribution is -2.46. The fraction of sp³-hybridized carbons (Fsp3) is 0.296. The van der Waals surface area contributed by atoms with Crippen LogP contribution in [0.2, 0.25) is 0 Å². The quantitative estimate of drug-likeness (QED) is 0.513. The summed E-state index contributed by atoms with van der Waals surface area (Å²) in [6, 6.07) is 26.0. The molecule has 1 aliphatic rings. The summed E-state index contributed by atoms with van der Waals surface area (Å²) in [7, 11) is -3.87. The standard InChI is InChI=1S/C27H30N2O3S/c1-22-12-14-25(15-13-22)29(33(31,32)26-10-6-3-7-11-26)21-27(30)28-18-16-24(17-19-28)20-23-8-4-2-5-9-23/h2-15,24H,16-21H2,1H3. The fourth-order valence-electron chi connectivity index (χ4n) is 4.30. The first-order chi connectivity index (χ1) is 15.9. The van der Waals surface area contributed by atoms with Crippen molar-refractivity contribution in [3.05, 3.63) is 96.1 Å². The third-order valence-corrected chi connectivity index (χ3v) is 8.05. The number of hydrogen-bond acceptors (Lipinski definition) is 3. The van der Waals surface area contributed by atoms with Gasteiger partial charge < -0.3 is 4.90 Å². The number of likely N-dealkylation sites (tertiary alicyclic amines) is 1. The number of anilines is 1. The Morgan fingerprint density at radius 3 is 2.06 bits per heavy atom. The van der Waals surface area contributed by atoms with E-state index in [1.807, 2.05) is 30.0 Å². The highest BCUT2D eigenvalue weighted by Crippen LogP contribution is 2.26. The Balaban J connectivity index is 1.47. The Hall–Kier alpha value is -3.12. The van der Waals surface area contributed by atoms with E-state index in [9.17, 15) is 13.2 Å². The number of aryl methyl sites for hydroxylation is 1. The lowest BCUT2D eigenvalue weighted by Gasteiger charge is -2.34. The molecule has 3 aromatic rings. The maximum absolute atomic E-state index is 13.4. The summed E-state index contributed by atoms with van der Waals surface area (Å²) in [6.45, 7) is 3.06. The zero-order valence-corrected chi connectivity index (χ0v) is 19.7. The SMILES string of the molecule is Cc1ccc(N(CC(=O)N2CCC(Cc3ccccc3)CC2)S(=O)(=O)c2ccccc2)cc1. The van der Waals surface area contributed by atoms with Crippen molar-refractivity contribution < 1.29 is 13.2 Å². The van der Waals surface area contributed by atoms with Crippen LogP contribution < -0.4 is 4.31 Å². The van der Waals surface area contributed by atoms with Crippen LogP contribution in [-0.4, -0.2) is 38.9 Å². The van der Waals surface area contributed by atoms with Crippen molar-refractivity contribution in [3.8, 4) is 0 Å². The first kappa shape index (κ1) is 23.1.